The monoisotopic (exact) mass is 396 g/mol. The number of hydrogen-bond donors (Lipinski definition) is 3. The van der Waals surface area contributed by atoms with Crippen LogP contribution in [0, 0.1) is 5.92 Å². The van der Waals surface area contributed by atoms with Gasteiger partial charge in [-0.3, -0.25) is 10.0 Å². The van der Waals surface area contributed by atoms with E-state index < -0.39 is 5.91 Å². The van der Waals surface area contributed by atoms with Crippen molar-refractivity contribution in [3.8, 4) is 0 Å². The summed E-state index contributed by atoms with van der Waals surface area (Å²) in [5.41, 5.74) is 1.71. The van der Waals surface area contributed by atoms with E-state index in [-0.39, 0.29) is 12.3 Å². The molecule has 0 aromatic carbocycles. The summed E-state index contributed by atoms with van der Waals surface area (Å²) in [6.45, 7) is 7.82. The molecular weight excluding hydrogens is 356 g/mol. The van der Waals surface area contributed by atoms with E-state index >= 15 is 0 Å². The molecule has 162 valence electrons. The standard InChI is InChI=1S/C18H32N4O3.C3H8/c1-2-11-19-13-16-20-18(25-22-16)15(12-17(23)21-24)10-6-9-14-7-4-3-5-8-14;1-3-2/h14-15,19,24H,2-13H2,1H3,(H,21,23);3H2,1-2H3. The Labute approximate surface area is 170 Å². The zero-order chi connectivity index (χ0) is 20.6. The summed E-state index contributed by atoms with van der Waals surface area (Å²) in [5, 5.41) is 16.1. The summed E-state index contributed by atoms with van der Waals surface area (Å²) < 4.78 is 5.38. The van der Waals surface area contributed by atoms with Crippen molar-refractivity contribution in [1.82, 2.24) is 20.9 Å². The molecule has 1 aliphatic rings. The predicted molar refractivity (Wildman–Crippen MR) is 110 cm³/mol. The summed E-state index contributed by atoms with van der Waals surface area (Å²) >= 11 is 0. The maximum absolute atomic E-state index is 11.6. The summed E-state index contributed by atoms with van der Waals surface area (Å²) in [6, 6.07) is 0. The first-order chi connectivity index (χ1) is 13.6. The molecule has 0 aliphatic heterocycles. The van der Waals surface area contributed by atoms with Crippen LogP contribution in [0.15, 0.2) is 4.52 Å². The number of nitrogens with one attached hydrogen (secondary N) is 2. The topological polar surface area (TPSA) is 100 Å². The van der Waals surface area contributed by atoms with Crippen molar-refractivity contribution < 1.29 is 14.5 Å². The molecule has 1 atom stereocenters. The summed E-state index contributed by atoms with van der Waals surface area (Å²) in [6.07, 6.45) is 12.2. The van der Waals surface area contributed by atoms with E-state index in [0.29, 0.717) is 18.3 Å². The van der Waals surface area contributed by atoms with Crippen molar-refractivity contribution in [2.45, 2.75) is 104 Å². The van der Waals surface area contributed by atoms with Gasteiger partial charge in [-0.2, -0.15) is 4.98 Å². The molecule has 1 aliphatic carbocycles. The number of carbonyl (C=O) groups is 1. The second kappa shape index (κ2) is 15.5. The fourth-order valence-electron chi connectivity index (χ4n) is 3.59. The highest BCUT2D eigenvalue weighted by molar-refractivity contribution is 5.75. The zero-order valence-corrected chi connectivity index (χ0v) is 18.0. The van der Waals surface area contributed by atoms with Gasteiger partial charge >= 0.3 is 0 Å². The van der Waals surface area contributed by atoms with Crippen LogP contribution in [-0.4, -0.2) is 27.8 Å². The number of rotatable bonds is 11. The molecule has 3 N–H and O–H groups in total. The van der Waals surface area contributed by atoms with Crippen molar-refractivity contribution in [2.75, 3.05) is 6.54 Å². The van der Waals surface area contributed by atoms with E-state index in [1.54, 1.807) is 5.48 Å². The minimum absolute atomic E-state index is 0.136. The van der Waals surface area contributed by atoms with Crippen molar-refractivity contribution in [3.05, 3.63) is 11.7 Å². The third-order valence-corrected chi connectivity index (χ3v) is 4.99. The van der Waals surface area contributed by atoms with Gasteiger partial charge in [-0.25, -0.2) is 5.48 Å². The Hall–Kier alpha value is -1.47. The lowest BCUT2D eigenvalue weighted by atomic mass is 9.84. The highest BCUT2D eigenvalue weighted by Gasteiger charge is 2.23. The molecule has 0 radical (unpaired) electrons. The average Bonchev–Trinajstić information content (AvgIpc) is 3.17. The predicted octanol–water partition coefficient (Wildman–Crippen LogP) is 4.72. The van der Waals surface area contributed by atoms with Crippen molar-refractivity contribution in [3.63, 3.8) is 0 Å². The third-order valence-electron chi connectivity index (χ3n) is 4.99. The first kappa shape index (κ1) is 24.6. The van der Waals surface area contributed by atoms with Crippen LogP contribution >= 0.6 is 0 Å². The average molecular weight is 397 g/mol. The lowest BCUT2D eigenvalue weighted by molar-refractivity contribution is -0.129. The molecule has 1 amide bonds. The molecule has 1 aromatic rings. The lowest BCUT2D eigenvalue weighted by Gasteiger charge is -2.22. The molecule has 1 unspecified atom stereocenters. The van der Waals surface area contributed by atoms with Crippen molar-refractivity contribution >= 4 is 5.91 Å². The fourth-order valence-corrected chi connectivity index (χ4v) is 3.59. The zero-order valence-electron chi connectivity index (χ0n) is 18.0. The maximum Gasteiger partial charge on any atom is 0.244 e. The lowest BCUT2D eigenvalue weighted by Crippen LogP contribution is -2.21. The summed E-state index contributed by atoms with van der Waals surface area (Å²) in [7, 11) is 0. The van der Waals surface area contributed by atoms with Crippen LogP contribution in [-0.2, 0) is 11.3 Å². The minimum atomic E-state index is -0.411. The van der Waals surface area contributed by atoms with Crippen LogP contribution in [0.1, 0.15) is 109 Å². The van der Waals surface area contributed by atoms with E-state index in [1.807, 2.05) is 0 Å². The van der Waals surface area contributed by atoms with Crippen LogP contribution in [0.25, 0.3) is 0 Å². The molecule has 0 bridgehead atoms. The number of carbonyl (C=O) groups excluding carboxylic acids is 1. The van der Waals surface area contributed by atoms with E-state index in [2.05, 4.69) is 36.2 Å². The first-order valence-electron chi connectivity index (χ1n) is 11.1. The molecule has 28 heavy (non-hydrogen) atoms. The first-order valence-corrected chi connectivity index (χ1v) is 11.1. The molecule has 0 saturated heterocycles. The second-order valence-corrected chi connectivity index (χ2v) is 7.80. The Morgan fingerprint density at radius 3 is 2.61 bits per heavy atom. The molecular formula is C21H40N4O3. The molecule has 2 rings (SSSR count). The highest BCUT2D eigenvalue weighted by Crippen LogP contribution is 2.31. The Morgan fingerprint density at radius 2 is 1.96 bits per heavy atom. The van der Waals surface area contributed by atoms with Gasteiger partial charge in [0.1, 0.15) is 0 Å². The summed E-state index contributed by atoms with van der Waals surface area (Å²) in [5.74, 6) is 1.39. The van der Waals surface area contributed by atoms with Crippen LogP contribution in [0.4, 0.5) is 0 Å². The van der Waals surface area contributed by atoms with Gasteiger partial charge in [0.15, 0.2) is 5.82 Å². The molecule has 1 aromatic heterocycles. The number of nitrogens with zero attached hydrogens (tertiary/aromatic N) is 2. The third kappa shape index (κ3) is 10.2. The van der Waals surface area contributed by atoms with Gasteiger partial charge in [-0.1, -0.05) is 77.3 Å². The van der Waals surface area contributed by atoms with Crippen LogP contribution in [0.2, 0.25) is 0 Å². The summed E-state index contributed by atoms with van der Waals surface area (Å²) in [4.78, 5) is 16.0. The van der Waals surface area contributed by atoms with Crippen LogP contribution < -0.4 is 10.8 Å². The molecule has 7 heteroatoms. The normalized spacial score (nSPS) is 15.6. The van der Waals surface area contributed by atoms with Gasteiger partial charge in [0, 0.05) is 12.3 Å². The molecule has 7 nitrogen and oxygen atoms in total. The van der Waals surface area contributed by atoms with Crippen LogP contribution in [0.5, 0.6) is 0 Å². The minimum Gasteiger partial charge on any atom is -0.339 e. The fraction of sp³-hybridized carbons (Fsp3) is 0.857. The van der Waals surface area contributed by atoms with Gasteiger partial charge in [-0.05, 0) is 25.3 Å². The highest BCUT2D eigenvalue weighted by atomic mass is 16.5. The van der Waals surface area contributed by atoms with Gasteiger partial charge in [0.2, 0.25) is 11.8 Å². The second-order valence-electron chi connectivity index (χ2n) is 7.80. The number of hydroxylamine groups is 1. The van der Waals surface area contributed by atoms with Crippen LogP contribution in [0.3, 0.4) is 0 Å². The number of hydrogen-bond acceptors (Lipinski definition) is 6. The molecule has 1 fully saturated rings. The Kier molecular flexibility index (Phi) is 13.6. The van der Waals surface area contributed by atoms with E-state index in [9.17, 15) is 4.79 Å². The smallest absolute Gasteiger partial charge is 0.244 e. The maximum atomic E-state index is 11.6. The van der Waals surface area contributed by atoms with E-state index in [0.717, 1.165) is 31.7 Å². The van der Waals surface area contributed by atoms with Gasteiger partial charge in [0.05, 0.1) is 6.54 Å². The Bertz CT molecular complexity index is 516. The van der Waals surface area contributed by atoms with Crippen molar-refractivity contribution in [1.29, 1.82) is 0 Å². The molecule has 1 saturated carbocycles. The van der Waals surface area contributed by atoms with Crippen molar-refractivity contribution in [2.24, 2.45) is 5.92 Å². The van der Waals surface area contributed by atoms with Gasteiger partial charge in [-0.15, -0.1) is 0 Å². The Morgan fingerprint density at radius 1 is 1.25 bits per heavy atom. The van der Waals surface area contributed by atoms with E-state index in [1.165, 1.54) is 44.9 Å². The quantitative estimate of drug-likeness (QED) is 0.284. The molecule has 1 heterocycles. The SMILES string of the molecule is CCC.CCCNCc1noc(C(CCCC2CCCCC2)CC(=O)NO)n1. The van der Waals surface area contributed by atoms with E-state index in [4.69, 9.17) is 9.73 Å². The number of aromatic nitrogens is 2. The van der Waals surface area contributed by atoms with Gasteiger partial charge in [0.25, 0.3) is 0 Å². The Balaban J connectivity index is 0.00000122. The van der Waals surface area contributed by atoms with Gasteiger partial charge < -0.3 is 9.84 Å². The molecule has 0 spiro atoms. The largest absolute Gasteiger partial charge is 0.339 e. The number of amides is 1.